The van der Waals surface area contributed by atoms with Crippen LogP contribution in [0.1, 0.15) is 13.3 Å². The molecule has 10 heavy (non-hydrogen) atoms. The molecule has 58 valence electrons. The maximum atomic E-state index is 8.66. The van der Waals surface area contributed by atoms with Gasteiger partial charge in [-0.1, -0.05) is 6.92 Å². The maximum absolute atomic E-state index is 8.66. The SMILES string of the molecule is CCC(CO)(CO)CO.[LiH]. The van der Waals surface area contributed by atoms with E-state index >= 15 is 0 Å². The summed E-state index contributed by atoms with van der Waals surface area (Å²) in [4.78, 5) is 0. The molecule has 3 nitrogen and oxygen atoms in total. The Bertz CT molecular complexity index is 55.9. The second kappa shape index (κ2) is 6.20. The zero-order valence-corrected chi connectivity index (χ0v) is 5.67. The van der Waals surface area contributed by atoms with Crippen LogP contribution < -0.4 is 0 Å². The minimum atomic E-state index is -0.667. The molecule has 0 saturated carbocycles. The van der Waals surface area contributed by atoms with E-state index in [2.05, 4.69) is 0 Å². The van der Waals surface area contributed by atoms with Gasteiger partial charge in [0.1, 0.15) is 0 Å². The molecule has 3 N–H and O–H groups in total. The van der Waals surface area contributed by atoms with Crippen LogP contribution in [0, 0.1) is 5.41 Å². The second-order valence-electron chi connectivity index (χ2n) is 2.33. The number of rotatable bonds is 4. The Morgan fingerprint density at radius 2 is 1.30 bits per heavy atom. The Balaban J connectivity index is 0. The summed E-state index contributed by atoms with van der Waals surface area (Å²) in [5.74, 6) is 0. The van der Waals surface area contributed by atoms with Crippen molar-refractivity contribution in [1.82, 2.24) is 0 Å². The summed E-state index contributed by atoms with van der Waals surface area (Å²) in [6.07, 6.45) is 0.594. The van der Waals surface area contributed by atoms with E-state index in [-0.39, 0.29) is 38.7 Å². The average Bonchev–Trinajstić information content (AvgIpc) is 1.95. The van der Waals surface area contributed by atoms with E-state index in [1.807, 2.05) is 6.92 Å². The van der Waals surface area contributed by atoms with Gasteiger partial charge in [0.15, 0.2) is 0 Å². The summed E-state index contributed by atoms with van der Waals surface area (Å²) in [5, 5.41) is 26.0. The molecule has 0 radical (unpaired) electrons. The molecule has 0 rings (SSSR count). The van der Waals surface area contributed by atoms with Gasteiger partial charge in [-0.15, -0.1) is 0 Å². The van der Waals surface area contributed by atoms with Crippen LogP contribution in [-0.2, 0) is 0 Å². The summed E-state index contributed by atoms with van der Waals surface area (Å²) in [7, 11) is 0. The van der Waals surface area contributed by atoms with Gasteiger partial charge in [0, 0.05) is 5.41 Å². The summed E-state index contributed by atoms with van der Waals surface area (Å²) in [6, 6.07) is 0. The Labute approximate surface area is 73.2 Å². The monoisotopic (exact) mass is 142 g/mol. The van der Waals surface area contributed by atoms with Crippen molar-refractivity contribution in [3.05, 3.63) is 0 Å². The molecule has 0 atom stereocenters. The van der Waals surface area contributed by atoms with E-state index < -0.39 is 5.41 Å². The molecular weight excluding hydrogens is 127 g/mol. The Morgan fingerprint density at radius 3 is 1.30 bits per heavy atom. The minimum absolute atomic E-state index is 0. The van der Waals surface area contributed by atoms with Crippen molar-refractivity contribution in [2.45, 2.75) is 13.3 Å². The van der Waals surface area contributed by atoms with Crippen molar-refractivity contribution in [3.8, 4) is 0 Å². The van der Waals surface area contributed by atoms with Crippen LogP contribution in [0.5, 0.6) is 0 Å². The van der Waals surface area contributed by atoms with Crippen LogP contribution in [0.4, 0.5) is 0 Å². The Hall–Kier alpha value is 0.477. The second-order valence-corrected chi connectivity index (χ2v) is 2.33. The van der Waals surface area contributed by atoms with E-state index in [9.17, 15) is 0 Å². The first kappa shape index (κ1) is 13.1. The molecule has 0 spiro atoms. The normalized spacial score (nSPS) is 10.8. The van der Waals surface area contributed by atoms with Gasteiger partial charge in [-0.3, -0.25) is 0 Å². The first-order chi connectivity index (χ1) is 4.24. The van der Waals surface area contributed by atoms with Gasteiger partial charge < -0.3 is 15.3 Å². The molecular formula is C6H15LiO3. The molecule has 0 heterocycles. The Morgan fingerprint density at radius 1 is 1.00 bits per heavy atom. The van der Waals surface area contributed by atoms with E-state index in [1.54, 1.807) is 0 Å². The van der Waals surface area contributed by atoms with E-state index in [1.165, 1.54) is 0 Å². The molecule has 0 aliphatic heterocycles. The first-order valence-corrected chi connectivity index (χ1v) is 3.07. The molecule has 0 saturated heterocycles. The topological polar surface area (TPSA) is 60.7 Å². The van der Waals surface area contributed by atoms with Crippen molar-refractivity contribution < 1.29 is 15.3 Å². The third-order valence-corrected chi connectivity index (χ3v) is 1.76. The fraction of sp³-hybridized carbons (Fsp3) is 1.00. The van der Waals surface area contributed by atoms with Gasteiger partial charge >= 0.3 is 18.9 Å². The molecule has 0 unspecified atom stereocenters. The van der Waals surface area contributed by atoms with Crippen LogP contribution in [0.25, 0.3) is 0 Å². The van der Waals surface area contributed by atoms with Gasteiger partial charge in [-0.2, -0.15) is 0 Å². The molecule has 0 fully saturated rings. The van der Waals surface area contributed by atoms with Crippen LogP contribution in [-0.4, -0.2) is 54.0 Å². The molecule has 4 heteroatoms. The third-order valence-electron chi connectivity index (χ3n) is 1.76. The van der Waals surface area contributed by atoms with Crippen LogP contribution in [0.3, 0.4) is 0 Å². The zero-order valence-electron chi connectivity index (χ0n) is 5.67. The van der Waals surface area contributed by atoms with E-state index in [0.29, 0.717) is 6.42 Å². The average molecular weight is 142 g/mol. The molecule has 0 aromatic rings. The summed E-state index contributed by atoms with van der Waals surface area (Å²) in [5.41, 5.74) is -0.667. The van der Waals surface area contributed by atoms with Crippen molar-refractivity contribution >= 4 is 18.9 Å². The van der Waals surface area contributed by atoms with Gasteiger partial charge in [0.2, 0.25) is 0 Å². The van der Waals surface area contributed by atoms with Crippen LogP contribution in [0.2, 0.25) is 0 Å². The number of aliphatic hydroxyl groups excluding tert-OH is 3. The predicted molar refractivity (Wildman–Crippen MR) is 41.1 cm³/mol. The zero-order chi connectivity index (χ0) is 7.33. The van der Waals surface area contributed by atoms with Gasteiger partial charge in [-0.05, 0) is 6.42 Å². The standard InChI is InChI=1S/C6H14O3.Li.H/c1-2-6(3-7,4-8)5-9;;/h7-9H,2-5H2,1H3;;. The van der Waals surface area contributed by atoms with Gasteiger partial charge in [-0.25, -0.2) is 0 Å². The van der Waals surface area contributed by atoms with Crippen molar-refractivity contribution in [2.24, 2.45) is 5.41 Å². The first-order valence-electron chi connectivity index (χ1n) is 3.07. The van der Waals surface area contributed by atoms with Crippen LogP contribution >= 0.6 is 0 Å². The number of hydrogen-bond acceptors (Lipinski definition) is 3. The molecule has 0 aliphatic carbocycles. The van der Waals surface area contributed by atoms with Gasteiger partial charge in [0.05, 0.1) is 19.8 Å². The quantitative estimate of drug-likeness (QED) is 0.428. The van der Waals surface area contributed by atoms with E-state index in [4.69, 9.17) is 15.3 Å². The molecule has 0 aromatic carbocycles. The van der Waals surface area contributed by atoms with Crippen molar-refractivity contribution in [1.29, 1.82) is 0 Å². The summed E-state index contributed by atoms with van der Waals surface area (Å²) >= 11 is 0. The fourth-order valence-corrected chi connectivity index (χ4v) is 0.485. The van der Waals surface area contributed by atoms with E-state index in [0.717, 1.165) is 0 Å². The number of aliphatic hydroxyl groups is 3. The molecule has 0 aliphatic rings. The molecule has 0 amide bonds. The Kier molecular flexibility index (Phi) is 8.12. The third kappa shape index (κ3) is 3.04. The van der Waals surface area contributed by atoms with Crippen molar-refractivity contribution in [2.75, 3.05) is 19.8 Å². The number of hydrogen-bond donors (Lipinski definition) is 3. The molecule has 0 aromatic heterocycles. The van der Waals surface area contributed by atoms with Crippen LogP contribution in [0.15, 0.2) is 0 Å². The summed E-state index contributed by atoms with van der Waals surface area (Å²) < 4.78 is 0. The molecule has 0 bridgehead atoms. The summed E-state index contributed by atoms with van der Waals surface area (Å²) in [6.45, 7) is 1.35. The fourth-order valence-electron chi connectivity index (χ4n) is 0.485. The predicted octanol–water partition coefficient (Wildman–Crippen LogP) is -1.29. The van der Waals surface area contributed by atoms with Gasteiger partial charge in [0.25, 0.3) is 0 Å². The van der Waals surface area contributed by atoms with Crippen molar-refractivity contribution in [3.63, 3.8) is 0 Å².